The monoisotopic (exact) mass is 250 g/mol. The first kappa shape index (κ1) is 12.8. The molecule has 0 bridgehead atoms. The third kappa shape index (κ3) is 2.78. The Morgan fingerprint density at radius 3 is 3.06 bits per heavy atom. The van der Waals surface area contributed by atoms with Gasteiger partial charge in [-0.2, -0.15) is 0 Å². The van der Waals surface area contributed by atoms with Gasteiger partial charge >= 0.3 is 0 Å². The molecule has 0 aromatic heterocycles. The fourth-order valence-corrected chi connectivity index (χ4v) is 3.85. The van der Waals surface area contributed by atoms with Gasteiger partial charge in [0.05, 0.1) is 5.69 Å². The summed E-state index contributed by atoms with van der Waals surface area (Å²) < 4.78 is 0. The molecule has 2 nitrogen and oxygen atoms in total. The lowest BCUT2D eigenvalue weighted by molar-refractivity contribution is 0.577. The number of hydrogen-bond donors (Lipinski definition) is 1. The van der Waals surface area contributed by atoms with E-state index >= 15 is 0 Å². The minimum atomic E-state index is 0.682. The maximum Gasteiger partial charge on any atom is 0.0534 e. The smallest absolute Gasteiger partial charge is 0.0534 e. The van der Waals surface area contributed by atoms with Crippen LogP contribution in [-0.2, 0) is 0 Å². The molecule has 1 aromatic carbocycles. The first-order chi connectivity index (χ1) is 8.24. The van der Waals surface area contributed by atoms with Crippen molar-refractivity contribution in [1.29, 1.82) is 0 Å². The number of thioether (sulfide) groups is 1. The van der Waals surface area contributed by atoms with E-state index in [1.165, 1.54) is 34.7 Å². The van der Waals surface area contributed by atoms with E-state index in [1.807, 2.05) is 18.8 Å². The molecule has 17 heavy (non-hydrogen) atoms. The molecule has 1 aromatic rings. The van der Waals surface area contributed by atoms with Gasteiger partial charge < -0.3 is 10.2 Å². The van der Waals surface area contributed by atoms with Crippen molar-refractivity contribution in [2.45, 2.75) is 30.7 Å². The summed E-state index contributed by atoms with van der Waals surface area (Å²) in [6.07, 6.45) is 2.53. The average Bonchev–Trinajstić information content (AvgIpc) is 2.32. The molecular weight excluding hydrogens is 228 g/mol. The highest BCUT2D eigenvalue weighted by Crippen LogP contribution is 2.39. The molecule has 0 spiro atoms. The van der Waals surface area contributed by atoms with Crippen LogP contribution in [0.15, 0.2) is 23.1 Å². The Morgan fingerprint density at radius 1 is 1.47 bits per heavy atom. The lowest BCUT2D eigenvalue weighted by Crippen LogP contribution is -2.37. The molecule has 0 radical (unpaired) electrons. The van der Waals surface area contributed by atoms with Gasteiger partial charge in [-0.05, 0) is 45.0 Å². The van der Waals surface area contributed by atoms with Gasteiger partial charge in [0.15, 0.2) is 0 Å². The summed E-state index contributed by atoms with van der Waals surface area (Å²) >= 11 is 2.01. The second kappa shape index (κ2) is 5.78. The number of nitrogens with one attached hydrogen (secondary N) is 1. The molecule has 1 atom stereocenters. The number of para-hydroxylation sites is 1. The summed E-state index contributed by atoms with van der Waals surface area (Å²) in [4.78, 5) is 3.92. The van der Waals surface area contributed by atoms with Crippen molar-refractivity contribution < 1.29 is 0 Å². The number of fused-ring (bicyclic) bond motifs is 1. The van der Waals surface area contributed by atoms with Gasteiger partial charge in [0, 0.05) is 23.7 Å². The zero-order valence-corrected chi connectivity index (χ0v) is 11.8. The molecular formula is C14H22N2S. The quantitative estimate of drug-likeness (QED) is 0.827. The standard InChI is InChI=1S/C14H22N2S/c1-11-6-4-8-13-14(11)16(3)12(10-17-13)7-5-9-15-2/h4,6,8,12,15H,5,7,9-10H2,1-3H3. The Morgan fingerprint density at radius 2 is 2.29 bits per heavy atom. The first-order valence-corrected chi connectivity index (χ1v) is 7.32. The minimum Gasteiger partial charge on any atom is -0.370 e. The first-order valence-electron chi connectivity index (χ1n) is 6.34. The van der Waals surface area contributed by atoms with Crippen LogP contribution in [0.4, 0.5) is 5.69 Å². The number of anilines is 1. The fraction of sp³-hybridized carbons (Fsp3) is 0.571. The summed E-state index contributed by atoms with van der Waals surface area (Å²) in [5.41, 5.74) is 2.84. The normalized spacial score (nSPS) is 19.2. The van der Waals surface area contributed by atoms with Gasteiger partial charge in [-0.25, -0.2) is 0 Å². The van der Waals surface area contributed by atoms with Gasteiger partial charge in [0.2, 0.25) is 0 Å². The van der Waals surface area contributed by atoms with Crippen LogP contribution in [0.2, 0.25) is 0 Å². The van der Waals surface area contributed by atoms with E-state index in [0.29, 0.717) is 6.04 Å². The molecule has 0 saturated carbocycles. The Labute approximate surface area is 109 Å². The van der Waals surface area contributed by atoms with Crippen LogP contribution in [0, 0.1) is 6.92 Å². The summed E-state index contributed by atoms with van der Waals surface area (Å²) in [6, 6.07) is 7.30. The van der Waals surface area contributed by atoms with E-state index in [0.717, 1.165) is 6.54 Å². The molecule has 0 fully saturated rings. The van der Waals surface area contributed by atoms with E-state index in [-0.39, 0.29) is 0 Å². The van der Waals surface area contributed by atoms with Crippen LogP contribution in [0.1, 0.15) is 18.4 Å². The Bertz CT molecular complexity index is 378. The molecule has 0 amide bonds. The largest absolute Gasteiger partial charge is 0.370 e. The maximum atomic E-state index is 3.23. The van der Waals surface area contributed by atoms with Gasteiger partial charge in [-0.15, -0.1) is 11.8 Å². The molecule has 3 heteroatoms. The van der Waals surface area contributed by atoms with Crippen LogP contribution in [-0.4, -0.2) is 32.4 Å². The van der Waals surface area contributed by atoms with Crippen molar-refractivity contribution in [1.82, 2.24) is 5.32 Å². The summed E-state index contributed by atoms with van der Waals surface area (Å²) in [5, 5.41) is 3.23. The van der Waals surface area contributed by atoms with Crippen molar-refractivity contribution in [2.24, 2.45) is 0 Å². The summed E-state index contributed by atoms with van der Waals surface area (Å²) in [6.45, 7) is 3.33. The van der Waals surface area contributed by atoms with Gasteiger partial charge in [-0.3, -0.25) is 0 Å². The third-order valence-electron chi connectivity index (χ3n) is 3.50. The molecule has 0 aliphatic carbocycles. The lowest BCUT2D eigenvalue weighted by Gasteiger charge is -2.36. The second-order valence-corrected chi connectivity index (χ2v) is 5.81. The van der Waals surface area contributed by atoms with E-state index < -0.39 is 0 Å². The predicted octanol–water partition coefficient (Wildman–Crippen LogP) is 2.91. The summed E-state index contributed by atoms with van der Waals surface area (Å²) in [7, 11) is 4.27. The molecule has 1 N–H and O–H groups in total. The third-order valence-corrected chi connectivity index (χ3v) is 4.69. The number of rotatable bonds is 4. The number of hydrogen-bond acceptors (Lipinski definition) is 3. The molecule has 0 saturated heterocycles. The van der Waals surface area contributed by atoms with Crippen LogP contribution < -0.4 is 10.2 Å². The van der Waals surface area contributed by atoms with Crippen molar-refractivity contribution in [3.8, 4) is 0 Å². The van der Waals surface area contributed by atoms with E-state index in [4.69, 9.17) is 0 Å². The van der Waals surface area contributed by atoms with Crippen LogP contribution in [0.25, 0.3) is 0 Å². The number of benzene rings is 1. The van der Waals surface area contributed by atoms with Gasteiger partial charge in [-0.1, -0.05) is 12.1 Å². The molecule has 2 rings (SSSR count). The second-order valence-electron chi connectivity index (χ2n) is 4.74. The Balaban J connectivity index is 2.09. The highest BCUT2D eigenvalue weighted by molar-refractivity contribution is 7.99. The SMILES string of the molecule is CNCCCC1CSc2cccc(C)c2N1C. The molecule has 1 heterocycles. The highest BCUT2D eigenvalue weighted by atomic mass is 32.2. The molecule has 94 valence electrons. The predicted molar refractivity (Wildman–Crippen MR) is 77.3 cm³/mol. The molecule has 1 aliphatic heterocycles. The van der Waals surface area contributed by atoms with Gasteiger partial charge in [0.1, 0.15) is 0 Å². The van der Waals surface area contributed by atoms with Crippen LogP contribution in [0.3, 0.4) is 0 Å². The van der Waals surface area contributed by atoms with Crippen molar-refractivity contribution in [3.63, 3.8) is 0 Å². The average molecular weight is 250 g/mol. The zero-order chi connectivity index (χ0) is 12.3. The molecule has 1 unspecified atom stereocenters. The Kier molecular flexibility index (Phi) is 4.35. The molecule has 1 aliphatic rings. The minimum absolute atomic E-state index is 0.682. The van der Waals surface area contributed by atoms with E-state index in [1.54, 1.807) is 0 Å². The van der Waals surface area contributed by atoms with Crippen molar-refractivity contribution >= 4 is 17.4 Å². The van der Waals surface area contributed by atoms with E-state index in [9.17, 15) is 0 Å². The number of aryl methyl sites for hydroxylation is 1. The topological polar surface area (TPSA) is 15.3 Å². The highest BCUT2D eigenvalue weighted by Gasteiger charge is 2.24. The Hall–Kier alpha value is -0.670. The van der Waals surface area contributed by atoms with Crippen molar-refractivity contribution in [2.75, 3.05) is 31.3 Å². The van der Waals surface area contributed by atoms with Crippen LogP contribution >= 0.6 is 11.8 Å². The summed E-state index contributed by atoms with van der Waals surface area (Å²) in [5.74, 6) is 1.22. The number of nitrogens with zero attached hydrogens (tertiary/aromatic N) is 1. The lowest BCUT2D eigenvalue weighted by atomic mass is 10.1. The zero-order valence-electron chi connectivity index (χ0n) is 11.0. The fourth-order valence-electron chi connectivity index (χ4n) is 2.47. The van der Waals surface area contributed by atoms with E-state index in [2.05, 4.69) is 42.4 Å². The van der Waals surface area contributed by atoms with Crippen molar-refractivity contribution in [3.05, 3.63) is 23.8 Å². The van der Waals surface area contributed by atoms with Gasteiger partial charge in [0.25, 0.3) is 0 Å². The maximum absolute atomic E-state index is 3.23. The van der Waals surface area contributed by atoms with Crippen LogP contribution in [0.5, 0.6) is 0 Å².